The zero-order chi connectivity index (χ0) is 25.0. The van der Waals surface area contributed by atoms with Gasteiger partial charge in [0.05, 0.1) is 36.5 Å². The molecule has 0 saturated carbocycles. The largest absolute Gasteiger partial charge is 0.478 e. The Kier molecular flexibility index (Phi) is 8.67. The molecule has 34 heavy (non-hydrogen) atoms. The number of pyridine rings is 1. The summed E-state index contributed by atoms with van der Waals surface area (Å²) < 4.78 is 0. The van der Waals surface area contributed by atoms with Gasteiger partial charge in [-0.15, -0.1) is 11.8 Å². The van der Waals surface area contributed by atoms with E-state index >= 15 is 0 Å². The Balaban J connectivity index is 1.79. The molecule has 7 nitrogen and oxygen atoms in total. The summed E-state index contributed by atoms with van der Waals surface area (Å²) >= 11 is 25.3. The Morgan fingerprint density at radius 2 is 1.59 bits per heavy atom. The van der Waals surface area contributed by atoms with E-state index in [1.807, 2.05) is 0 Å². The summed E-state index contributed by atoms with van der Waals surface area (Å²) in [6.07, 6.45) is 1.57. The van der Waals surface area contributed by atoms with Crippen LogP contribution < -0.4 is 10.6 Å². The van der Waals surface area contributed by atoms with Crippen molar-refractivity contribution in [1.29, 1.82) is 0 Å². The normalized spacial score (nSPS) is 11.6. The van der Waals surface area contributed by atoms with Crippen molar-refractivity contribution in [3.63, 3.8) is 0 Å². The highest BCUT2D eigenvalue weighted by Gasteiger charge is 2.29. The Bertz CT molecular complexity index is 1270. The van der Waals surface area contributed by atoms with Gasteiger partial charge in [-0.3, -0.25) is 9.59 Å². The number of carboxylic acids is 1. The van der Waals surface area contributed by atoms with Crippen LogP contribution in [0.5, 0.6) is 0 Å². The van der Waals surface area contributed by atoms with Crippen LogP contribution in [0.2, 0.25) is 20.1 Å². The second-order valence-corrected chi connectivity index (χ2v) is 9.68. The Labute approximate surface area is 218 Å². The Morgan fingerprint density at radius 1 is 0.912 bits per heavy atom. The molecule has 0 bridgehead atoms. The molecule has 0 radical (unpaired) electrons. The molecule has 0 saturated heterocycles. The molecular formula is C22H15Cl4N3O4S. The van der Waals surface area contributed by atoms with E-state index in [-0.39, 0.29) is 21.0 Å². The van der Waals surface area contributed by atoms with E-state index in [9.17, 15) is 19.5 Å². The molecule has 1 unspecified atom stereocenters. The summed E-state index contributed by atoms with van der Waals surface area (Å²) in [5.41, 5.74) is -0.652. The number of carbonyl (C=O) groups excluding carboxylic acids is 2. The average Bonchev–Trinajstić information content (AvgIpc) is 2.80. The van der Waals surface area contributed by atoms with Crippen LogP contribution in [-0.4, -0.2) is 33.1 Å². The summed E-state index contributed by atoms with van der Waals surface area (Å²) in [7, 11) is 0. The van der Waals surface area contributed by atoms with Crippen molar-refractivity contribution in [2.24, 2.45) is 0 Å². The number of halogens is 4. The lowest BCUT2D eigenvalue weighted by atomic mass is 10.1. The number of carboxylic acid groups (broad SMARTS) is 1. The molecule has 2 aromatic carbocycles. The predicted molar refractivity (Wildman–Crippen MR) is 136 cm³/mol. The predicted octanol–water partition coefficient (Wildman–Crippen LogP) is 6.77. The molecule has 1 atom stereocenters. The number of carbonyl (C=O) groups is 3. The standard InChI is InChI=1S/C22H15Cl4N3O4S/c1-10(20(30)29-13-7-2-3-8-27-13)34-12-6-4-5-11(9-12)28-21(31)14-15(22(32)33)17(24)19(26)18(25)16(14)23/h2-10H,1H3,(H,28,31)(H,32,33)(H,27,29,30). The summed E-state index contributed by atoms with van der Waals surface area (Å²) in [5, 5.41) is 13.1. The first kappa shape index (κ1) is 26.1. The van der Waals surface area contributed by atoms with Crippen molar-refractivity contribution in [3.05, 3.63) is 79.9 Å². The van der Waals surface area contributed by atoms with E-state index < -0.39 is 33.3 Å². The molecule has 0 aliphatic heterocycles. The van der Waals surface area contributed by atoms with Crippen LogP contribution >= 0.6 is 58.2 Å². The van der Waals surface area contributed by atoms with E-state index in [1.54, 1.807) is 55.6 Å². The number of amides is 2. The van der Waals surface area contributed by atoms with Gasteiger partial charge in [0.25, 0.3) is 5.91 Å². The van der Waals surface area contributed by atoms with Crippen LogP contribution in [0.1, 0.15) is 27.6 Å². The molecule has 2 amide bonds. The van der Waals surface area contributed by atoms with Crippen molar-refractivity contribution in [1.82, 2.24) is 4.98 Å². The molecule has 1 aromatic heterocycles. The zero-order valence-electron chi connectivity index (χ0n) is 17.2. The molecule has 3 rings (SSSR count). The van der Waals surface area contributed by atoms with Gasteiger partial charge in [-0.25, -0.2) is 9.78 Å². The number of hydrogen-bond acceptors (Lipinski definition) is 5. The molecule has 0 spiro atoms. The number of thioether (sulfide) groups is 1. The molecule has 12 heteroatoms. The number of anilines is 2. The van der Waals surface area contributed by atoms with E-state index in [4.69, 9.17) is 46.4 Å². The summed E-state index contributed by atoms with van der Waals surface area (Å²) in [4.78, 5) is 41.8. The summed E-state index contributed by atoms with van der Waals surface area (Å²) in [6, 6.07) is 11.8. The Hall–Kier alpha value is -2.49. The van der Waals surface area contributed by atoms with E-state index in [0.717, 1.165) is 0 Å². The minimum Gasteiger partial charge on any atom is -0.478 e. The van der Waals surface area contributed by atoms with Crippen LogP contribution in [0.4, 0.5) is 11.5 Å². The maximum absolute atomic E-state index is 12.9. The maximum Gasteiger partial charge on any atom is 0.338 e. The van der Waals surface area contributed by atoms with E-state index in [1.165, 1.54) is 11.8 Å². The highest BCUT2D eigenvalue weighted by Crippen LogP contribution is 2.42. The van der Waals surface area contributed by atoms with Gasteiger partial charge in [0.15, 0.2) is 0 Å². The topological polar surface area (TPSA) is 108 Å². The number of nitrogens with one attached hydrogen (secondary N) is 2. The number of nitrogens with zero attached hydrogens (tertiary/aromatic N) is 1. The first-order valence-corrected chi connectivity index (χ1v) is 11.9. The summed E-state index contributed by atoms with van der Waals surface area (Å²) in [6.45, 7) is 1.73. The lowest BCUT2D eigenvalue weighted by Crippen LogP contribution is -2.22. The van der Waals surface area contributed by atoms with Gasteiger partial charge in [-0.1, -0.05) is 58.5 Å². The fraction of sp³-hybridized carbons (Fsp3) is 0.0909. The zero-order valence-corrected chi connectivity index (χ0v) is 21.1. The molecule has 0 fully saturated rings. The smallest absolute Gasteiger partial charge is 0.338 e. The fourth-order valence-corrected chi connectivity index (χ4v) is 4.75. The molecule has 0 aliphatic rings. The van der Waals surface area contributed by atoms with Crippen LogP contribution in [0, 0.1) is 0 Å². The second kappa shape index (κ2) is 11.3. The number of aromatic nitrogens is 1. The van der Waals surface area contributed by atoms with Crippen LogP contribution in [-0.2, 0) is 4.79 Å². The van der Waals surface area contributed by atoms with Crippen molar-refractivity contribution in [2.75, 3.05) is 10.6 Å². The number of benzene rings is 2. The van der Waals surface area contributed by atoms with Crippen LogP contribution in [0.3, 0.4) is 0 Å². The molecule has 3 N–H and O–H groups in total. The SMILES string of the molecule is CC(Sc1cccc(NC(=O)c2c(Cl)c(Cl)c(Cl)c(Cl)c2C(=O)O)c1)C(=O)Nc1ccccn1. The highest BCUT2D eigenvalue weighted by atomic mass is 35.5. The van der Waals surface area contributed by atoms with Crippen molar-refractivity contribution < 1.29 is 19.5 Å². The highest BCUT2D eigenvalue weighted by molar-refractivity contribution is 8.00. The maximum atomic E-state index is 12.9. The second-order valence-electron chi connectivity index (χ2n) is 6.76. The summed E-state index contributed by atoms with van der Waals surface area (Å²) in [5.74, 6) is -2.15. The van der Waals surface area contributed by atoms with Crippen molar-refractivity contribution >= 4 is 87.5 Å². The van der Waals surface area contributed by atoms with Crippen LogP contribution in [0.15, 0.2) is 53.6 Å². The molecular weight excluding hydrogens is 544 g/mol. The van der Waals surface area contributed by atoms with Crippen LogP contribution in [0.25, 0.3) is 0 Å². The van der Waals surface area contributed by atoms with Gasteiger partial charge in [-0.2, -0.15) is 0 Å². The lowest BCUT2D eigenvalue weighted by molar-refractivity contribution is -0.115. The first-order valence-electron chi connectivity index (χ1n) is 9.49. The quantitative estimate of drug-likeness (QED) is 0.168. The Morgan fingerprint density at radius 3 is 2.21 bits per heavy atom. The molecule has 3 aromatic rings. The van der Waals surface area contributed by atoms with Gasteiger partial charge in [0, 0.05) is 16.8 Å². The number of hydrogen-bond donors (Lipinski definition) is 3. The molecule has 176 valence electrons. The van der Waals surface area contributed by atoms with E-state index in [2.05, 4.69) is 15.6 Å². The van der Waals surface area contributed by atoms with Gasteiger partial charge in [-0.05, 0) is 37.3 Å². The van der Waals surface area contributed by atoms with E-state index in [0.29, 0.717) is 16.4 Å². The lowest BCUT2D eigenvalue weighted by Gasteiger charge is -2.15. The third-order valence-corrected chi connectivity index (χ3v) is 7.29. The molecule has 1 heterocycles. The van der Waals surface area contributed by atoms with Crippen molar-refractivity contribution in [2.45, 2.75) is 17.1 Å². The first-order chi connectivity index (χ1) is 16.1. The van der Waals surface area contributed by atoms with Gasteiger partial charge < -0.3 is 15.7 Å². The third kappa shape index (κ3) is 5.95. The van der Waals surface area contributed by atoms with Gasteiger partial charge in [0.1, 0.15) is 5.82 Å². The average molecular weight is 559 g/mol. The van der Waals surface area contributed by atoms with Gasteiger partial charge >= 0.3 is 5.97 Å². The number of rotatable bonds is 7. The number of aromatic carboxylic acids is 1. The third-order valence-electron chi connectivity index (χ3n) is 4.40. The van der Waals surface area contributed by atoms with Gasteiger partial charge in [0.2, 0.25) is 5.91 Å². The minimum atomic E-state index is -1.49. The molecule has 0 aliphatic carbocycles. The fourth-order valence-electron chi connectivity index (χ4n) is 2.81. The minimum absolute atomic E-state index is 0.236. The van der Waals surface area contributed by atoms with Crippen molar-refractivity contribution in [3.8, 4) is 0 Å². The monoisotopic (exact) mass is 557 g/mol.